The number of anilines is 1. The van der Waals surface area contributed by atoms with Crippen LogP contribution in [0, 0.1) is 13.8 Å². The highest BCUT2D eigenvalue weighted by Crippen LogP contribution is 2.43. The molecule has 0 aliphatic carbocycles. The minimum atomic E-state index is -0.806. The molecule has 1 aliphatic heterocycles. The van der Waals surface area contributed by atoms with Gasteiger partial charge in [-0.3, -0.25) is 14.5 Å². The van der Waals surface area contributed by atoms with E-state index in [1.165, 1.54) is 16.2 Å². The Balaban J connectivity index is 1.91. The Morgan fingerprint density at radius 2 is 1.70 bits per heavy atom. The largest absolute Gasteiger partial charge is 0.507 e. The van der Waals surface area contributed by atoms with Crippen LogP contribution in [0.4, 0.5) is 5.13 Å². The third kappa shape index (κ3) is 3.35. The average Bonchev–Trinajstić information content (AvgIpc) is 3.29. The Morgan fingerprint density at radius 3 is 2.27 bits per heavy atom. The number of nitrogens with zero attached hydrogens (tertiary/aromatic N) is 3. The van der Waals surface area contributed by atoms with Crippen LogP contribution in [0.5, 0.6) is 5.75 Å². The lowest BCUT2D eigenvalue weighted by Gasteiger charge is -2.22. The summed E-state index contributed by atoms with van der Waals surface area (Å²) in [7, 11) is 1.54. The van der Waals surface area contributed by atoms with E-state index >= 15 is 0 Å². The number of methoxy groups -OCH3 is 1. The van der Waals surface area contributed by atoms with E-state index in [9.17, 15) is 14.7 Å². The number of ether oxygens (including phenoxy) is 1. The Labute approximate surface area is 177 Å². The zero-order chi connectivity index (χ0) is 21.4. The molecule has 1 aliphatic rings. The van der Waals surface area contributed by atoms with Crippen molar-refractivity contribution in [3.8, 4) is 5.75 Å². The van der Waals surface area contributed by atoms with Gasteiger partial charge in [0.25, 0.3) is 5.78 Å². The van der Waals surface area contributed by atoms with E-state index in [1.54, 1.807) is 38.3 Å². The smallest absolute Gasteiger partial charge is 0.301 e. The third-order valence-corrected chi connectivity index (χ3v) is 5.76. The van der Waals surface area contributed by atoms with Gasteiger partial charge in [0.05, 0.1) is 18.7 Å². The number of ketones is 1. The van der Waals surface area contributed by atoms with Crippen molar-refractivity contribution >= 4 is 33.9 Å². The first-order chi connectivity index (χ1) is 14.4. The standard InChI is InChI=1S/C22H19N3O4S/c1-12-4-6-14(7-5-12)18-17(19(26)15-8-10-16(29-3)11-9-15)20(27)21(28)25(18)22-24-23-13(2)30-22/h4-11,18,26H,1-3H3/b19-17+/t18-/m0/s1. The molecular weight excluding hydrogens is 402 g/mol. The van der Waals surface area contributed by atoms with Crippen LogP contribution in [0.3, 0.4) is 0 Å². The maximum Gasteiger partial charge on any atom is 0.301 e. The summed E-state index contributed by atoms with van der Waals surface area (Å²) in [6.07, 6.45) is 0. The molecule has 1 saturated heterocycles. The second-order valence-electron chi connectivity index (χ2n) is 6.91. The lowest BCUT2D eigenvalue weighted by molar-refractivity contribution is -0.132. The molecule has 0 saturated carbocycles. The molecule has 0 unspecified atom stereocenters. The molecule has 30 heavy (non-hydrogen) atoms. The van der Waals surface area contributed by atoms with Gasteiger partial charge in [0.2, 0.25) is 5.13 Å². The molecule has 8 heteroatoms. The summed E-state index contributed by atoms with van der Waals surface area (Å²) in [5.41, 5.74) is 2.17. The van der Waals surface area contributed by atoms with Crippen molar-refractivity contribution in [1.82, 2.24) is 10.2 Å². The quantitative estimate of drug-likeness (QED) is 0.391. The van der Waals surface area contributed by atoms with Crippen molar-refractivity contribution in [3.63, 3.8) is 0 Å². The van der Waals surface area contributed by atoms with Crippen LogP contribution in [0.1, 0.15) is 27.7 Å². The fourth-order valence-electron chi connectivity index (χ4n) is 3.38. The third-order valence-electron chi connectivity index (χ3n) is 4.92. The van der Waals surface area contributed by atoms with Crippen LogP contribution in [-0.2, 0) is 9.59 Å². The number of carbonyl (C=O) groups excluding carboxylic acids is 2. The lowest BCUT2D eigenvalue weighted by Crippen LogP contribution is -2.29. The molecule has 2 heterocycles. The van der Waals surface area contributed by atoms with Crippen molar-refractivity contribution in [3.05, 3.63) is 75.8 Å². The number of benzene rings is 2. The summed E-state index contributed by atoms with van der Waals surface area (Å²) in [4.78, 5) is 27.3. The SMILES string of the molecule is COc1ccc(/C(O)=C2\C(=O)C(=O)N(c3nnc(C)s3)[C@H]2c2ccc(C)cc2)cc1. The van der Waals surface area contributed by atoms with Gasteiger partial charge in [-0.1, -0.05) is 41.2 Å². The number of Topliss-reactive ketones (excluding diaryl/α,β-unsaturated/α-hetero) is 1. The first kappa shape index (κ1) is 19.8. The summed E-state index contributed by atoms with van der Waals surface area (Å²) < 4.78 is 5.15. The molecule has 7 nitrogen and oxygen atoms in total. The minimum absolute atomic E-state index is 0.0156. The fraction of sp³-hybridized carbons (Fsp3) is 0.182. The van der Waals surface area contributed by atoms with Crippen LogP contribution in [0.15, 0.2) is 54.1 Å². The van der Waals surface area contributed by atoms with Crippen molar-refractivity contribution < 1.29 is 19.4 Å². The second kappa shape index (κ2) is 7.72. The zero-order valence-corrected chi connectivity index (χ0v) is 17.4. The molecule has 1 fully saturated rings. The van der Waals surface area contributed by atoms with Crippen molar-refractivity contribution in [2.75, 3.05) is 12.0 Å². The van der Waals surface area contributed by atoms with E-state index in [0.717, 1.165) is 5.56 Å². The number of aliphatic hydroxyl groups excluding tert-OH is 1. The summed E-state index contributed by atoms with van der Waals surface area (Å²) >= 11 is 1.22. The molecule has 0 radical (unpaired) electrons. The number of amides is 1. The van der Waals surface area contributed by atoms with Gasteiger partial charge >= 0.3 is 5.91 Å². The first-order valence-electron chi connectivity index (χ1n) is 9.23. The van der Waals surface area contributed by atoms with E-state index in [2.05, 4.69) is 10.2 Å². The Bertz CT molecular complexity index is 1150. The number of carbonyl (C=O) groups is 2. The van der Waals surface area contributed by atoms with Gasteiger partial charge in [0.1, 0.15) is 16.5 Å². The second-order valence-corrected chi connectivity index (χ2v) is 8.07. The molecule has 0 bridgehead atoms. The van der Waals surface area contributed by atoms with Gasteiger partial charge in [-0.25, -0.2) is 0 Å². The summed E-state index contributed by atoms with van der Waals surface area (Å²) in [5.74, 6) is -1.13. The minimum Gasteiger partial charge on any atom is -0.507 e. The Hall–Kier alpha value is -3.52. The van der Waals surface area contributed by atoms with Crippen LogP contribution < -0.4 is 9.64 Å². The molecule has 2 aromatic carbocycles. The highest BCUT2D eigenvalue weighted by Gasteiger charge is 2.48. The number of hydrogen-bond donors (Lipinski definition) is 1. The number of aromatic nitrogens is 2. The highest BCUT2D eigenvalue weighted by molar-refractivity contribution is 7.15. The van der Waals surface area contributed by atoms with Gasteiger partial charge in [-0.15, -0.1) is 10.2 Å². The van der Waals surface area contributed by atoms with Crippen molar-refractivity contribution in [2.45, 2.75) is 19.9 Å². The molecule has 0 spiro atoms. The lowest BCUT2D eigenvalue weighted by atomic mass is 9.95. The number of aryl methyl sites for hydroxylation is 2. The topological polar surface area (TPSA) is 92.6 Å². The van der Waals surface area contributed by atoms with Crippen LogP contribution >= 0.6 is 11.3 Å². The Kier molecular flexibility index (Phi) is 5.09. The average molecular weight is 421 g/mol. The van der Waals surface area contributed by atoms with Crippen molar-refractivity contribution in [1.29, 1.82) is 0 Å². The summed E-state index contributed by atoms with van der Waals surface area (Å²) in [5, 5.41) is 20.1. The predicted octanol–water partition coefficient (Wildman–Crippen LogP) is 3.79. The number of hydrogen-bond acceptors (Lipinski definition) is 7. The van der Waals surface area contributed by atoms with E-state index in [4.69, 9.17) is 4.74 Å². The molecule has 1 amide bonds. The molecule has 4 rings (SSSR count). The van der Waals surface area contributed by atoms with Gasteiger partial charge in [-0.2, -0.15) is 0 Å². The maximum atomic E-state index is 13.0. The van der Waals surface area contributed by atoms with E-state index in [0.29, 0.717) is 27.0 Å². The predicted molar refractivity (Wildman–Crippen MR) is 114 cm³/mol. The van der Waals surface area contributed by atoms with E-state index in [-0.39, 0.29) is 11.3 Å². The zero-order valence-electron chi connectivity index (χ0n) is 16.6. The molecule has 1 aromatic heterocycles. The molecular formula is C22H19N3O4S. The molecule has 152 valence electrons. The summed E-state index contributed by atoms with van der Waals surface area (Å²) in [6.45, 7) is 3.72. The highest BCUT2D eigenvalue weighted by atomic mass is 32.1. The molecule has 1 N–H and O–H groups in total. The van der Waals surface area contributed by atoms with Gasteiger partial charge < -0.3 is 9.84 Å². The van der Waals surface area contributed by atoms with Gasteiger partial charge in [-0.05, 0) is 43.7 Å². The Morgan fingerprint density at radius 1 is 1.03 bits per heavy atom. The first-order valence-corrected chi connectivity index (χ1v) is 10.0. The number of aliphatic hydroxyl groups is 1. The van der Waals surface area contributed by atoms with E-state index < -0.39 is 17.7 Å². The maximum absolute atomic E-state index is 13.0. The molecule has 3 aromatic rings. The van der Waals surface area contributed by atoms with Crippen LogP contribution in [0.25, 0.3) is 5.76 Å². The van der Waals surface area contributed by atoms with E-state index in [1.807, 2.05) is 31.2 Å². The fourth-order valence-corrected chi connectivity index (χ4v) is 4.10. The van der Waals surface area contributed by atoms with Crippen LogP contribution in [0.2, 0.25) is 0 Å². The number of rotatable bonds is 4. The van der Waals surface area contributed by atoms with Crippen molar-refractivity contribution in [2.24, 2.45) is 0 Å². The normalized spacial score (nSPS) is 18.1. The molecule has 1 atom stereocenters. The van der Waals surface area contributed by atoms with Crippen LogP contribution in [-0.4, -0.2) is 34.1 Å². The van der Waals surface area contributed by atoms with Gasteiger partial charge in [0.15, 0.2) is 0 Å². The van der Waals surface area contributed by atoms with Gasteiger partial charge in [0, 0.05) is 5.56 Å². The summed E-state index contributed by atoms with van der Waals surface area (Å²) in [6, 6.07) is 13.3. The monoisotopic (exact) mass is 421 g/mol.